The van der Waals surface area contributed by atoms with Gasteiger partial charge in [-0.1, -0.05) is 11.6 Å². The van der Waals surface area contributed by atoms with E-state index < -0.39 is 5.91 Å². The highest BCUT2D eigenvalue weighted by atomic mass is 35.5. The fourth-order valence-electron chi connectivity index (χ4n) is 4.68. The number of nitrogens with one attached hydrogen (secondary N) is 1. The first-order valence-corrected chi connectivity index (χ1v) is 10.4. The second kappa shape index (κ2) is 7.69. The molecule has 1 saturated carbocycles. The Morgan fingerprint density at radius 2 is 2.07 bits per heavy atom. The summed E-state index contributed by atoms with van der Waals surface area (Å²) in [6.07, 6.45) is 5.75. The minimum Gasteiger partial charge on any atom is -0.365 e. The van der Waals surface area contributed by atoms with Crippen LogP contribution in [0.5, 0.6) is 0 Å². The number of quaternary nitrogens is 1. The predicted octanol–water partition coefficient (Wildman–Crippen LogP) is 3.46. The third kappa shape index (κ3) is 3.83. The first kappa shape index (κ1) is 19.7. The van der Waals surface area contributed by atoms with Crippen molar-refractivity contribution in [2.75, 3.05) is 25.5 Å². The molecule has 2 heterocycles. The van der Waals surface area contributed by atoms with Crippen LogP contribution in [-0.2, 0) is 0 Å². The molecular formula is C21H26ClN6O+. The Labute approximate surface area is 175 Å². The van der Waals surface area contributed by atoms with Gasteiger partial charge in [0.15, 0.2) is 5.82 Å². The van der Waals surface area contributed by atoms with Crippen molar-refractivity contribution in [2.24, 2.45) is 11.7 Å². The van der Waals surface area contributed by atoms with E-state index >= 15 is 0 Å². The number of anilines is 2. The molecule has 0 radical (unpaired) electrons. The number of amides is 1. The zero-order valence-electron chi connectivity index (χ0n) is 16.5. The number of halogens is 1. The Morgan fingerprint density at radius 1 is 1.34 bits per heavy atom. The maximum atomic E-state index is 12.0. The van der Waals surface area contributed by atoms with Gasteiger partial charge in [0.05, 0.1) is 44.2 Å². The smallest absolute Gasteiger partial charge is 0.254 e. The molecule has 0 spiro atoms. The highest BCUT2D eigenvalue weighted by Gasteiger charge is 2.44. The Morgan fingerprint density at radius 3 is 2.66 bits per heavy atom. The fourth-order valence-corrected chi connectivity index (χ4v) is 4.81. The molecule has 0 unspecified atom stereocenters. The number of rotatable bonds is 5. The van der Waals surface area contributed by atoms with Gasteiger partial charge < -0.3 is 15.5 Å². The third-order valence-electron chi connectivity index (χ3n) is 6.62. The van der Waals surface area contributed by atoms with E-state index in [2.05, 4.69) is 23.5 Å². The van der Waals surface area contributed by atoms with Crippen molar-refractivity contribution >= 4 is 29.0 Å². The summed E-state index contributed by atoms with van der Waals surface area (Å²) in [6, 6.07) is 10.1. The van der Waals surface area contributed by atoms with Crippen molar-refractivity contribution in [2.45, 2.75) is 37.8 Å². The van der Waals surface area contributed by atoms with E-state index in [1.165, 1.54) is 19.5 Å². The first-order chi connectivity index (χ1) is 13.9. The highest BCUT2D eigenvalue weighted by molar-refractivity contribution is 6.30. The van der Waals surface area contributed by atoms with E-state index in [0.717, 1.165) is 29.4 Å². The van der Waals surface area contributed by atoms with Crippen LogP contribution in [0.25, 0.3) is 0 Å². The number of aromatic nitrogens is 2. The zero-order chi connectivity index (χ0) is 20.6. The van der Waals surface area contributed by atoms with E-state index in [4.69, 9.17) is 17.3 Å². The molecule has 152 valence electrons. The second-order valence-corrected chi connectivity index (χ2v) is 8.85. The minimum atomic E-state index is -0.548. The maximum Gasteiger partial charge on any atom is 0.254 e. The third-order valence-corrected chi connectivity index (χ3v) is 6.87. The molecule has 3 atom stereocenters. The van der Waals surface area contributed by atoms with Crippen molar-refractivity contribution in [3.63, 3.8) is 0 Å². The lowest BCUT2D eigenvalue weighted by molar-refractivity contribution is -0.970. The van der Waals surface area contributed by atoms with Crippen LogP contribution in [0.4, 0.5) is 11.5 Å². The number of nitriles is 1. The molecule has 2 fully saturated rings. The number of carbonyl (C=O) groups is 1. The Balaban J connectivity index is 1.57. The van der Waals surface area contributed by atoms with Crippen LogP contribution in [0, 0.1) is 17.2 Å². The first-order valence-electron chi connectivity index (χ1n) is 10.0. The Kier molecular flexibility index (Phi) is 5.24. The number of carbonyl (C=O) groups excluding carboxylic acids is 1. The number of benzene rings is 1. The molecule has 4 rings (SSSR count). The van der Waals surface area contributed by atoms with Crippen LogP contribution in [0.3, 0.4) is 0 Å². The molecule has 3 N–H and O–H groups in total. The lowest BCUT2D eigenvalue weighted by Crippen LogP contribution is -2.62. The van der Waals surface area contributed by atoms with E-state index in [1.54, 1.807) is 23.0 Å². The van der Waals surface area contributed by atoms with Gasteiger partial charge in [-0.05, 0) is 30.7 Å². The quantitative estimate of drug-likeness (QED) is 0.733. The van der Waals surface area contributed by atoms with Gasteiger partial charge in [0.25, 0.3) is 5.91 Å². The summed E-state index contributed by atoms with van der Waals surface area (Å²) in [4.78, 5) is 12.0. The summed E-state index contributed by atoms with van der Waals surface area (Å²) in [5, 5.41) is 18.2. The van der Waals surface area contributed by atoms with Crippen molar-refractivity contribution < 1.29 is 9.28 Å². The topological polar surface area (TPSA) is 96.7 Å². The average molecular weight is 414 g/mol. The molecule has 2 aromatic rings. The van der Waals surface area contributed by atoms with E-state index in [-0.39, 0.29) is 12.0 Å². The molecule has 1 saturated heterocycles. The largest absolute Gasteiger partial charge is 0.365 e. The molecule has 2 aliphatic rings. The monoisotopic (exact) mass is 413 g/mol. The number of likely N-dealkylation sites (tertiary alicyclic amines) is 1. The molecule has 1 aliphatic carbocycles. The van der Waals surface area contributed by atoms with Crippen LogP contribution in [0.15, 0.2) is 30.5 Å². The van der Waals surface area contributed by atoms with Crippen LogP contribution >= 0.6 is 11.6 Å². The van der Waals surface area contributed by atoms with Crippen molar-refractivity contribution in [3.8, 4) is 6.07 Å². The second-order valence-electron chi connectivity index (χ2n) is 8.42. The summed E-state index contributed by atoms with van der Waals surface area (Å²) >= 11 is 5.94. The van der Waals surface area contributed by atoms with Gasteiger partial charge in [-0.3, -0.25) is 9.48 Å². The molecule has 1 aromatic heterocycles. The lowest BCUT2D eigenvalue weighted by Gasteiger charge is -2.51. The van der Waals surface area contributed by atoms with Crippen molar-refractivity contribution in [3.05, 3.63) is 41.0 Å². The fraction of sp³-hybridized carbons (Fsp3) is 0.476. The van der Waals surface area contributed by atoms with Crippen molar-refractivity contribution in [1.82, 2.24) is 9.78 Å². The van der Waals surface area contributed by atoms with Gasteiger partial charge in [-0.15, -0.1) is 0 Å². The van der Waals surface area contributed by atoms with Crippen molar-refractivity contribution in [1.29, 1.82) is 5.26 Å². The number of primary amides is 1. The van der Waals surface area contributed by atoms with Crippen LogP contribution in [-0.4, -0.2) is 46.3 Å². The molecule has 29 heavy (non-hydrogen) atoms. The summed E-state index contributed by atoms with van der Waals surface area (Å²) in [7, 11) is 2.30. The molecule has 8 heteroatoms. The Bertz CT molecular complexity index is 943. The zero-order valence-corrected chi connectivity index (χ0v) is 17.3. The number of hydrogen-bond donors (Lipinski definition) is 2. The molecule has 7 nitrogen and oxygen atoms in total. The standard InChI is InChI=1S/C21H25ClN6O/c1-28(9-2-10-28)17-7-8-19(14(11-17)12-23)27-13-18(20(24)29)21(26-27)25-16-5-3-15(22)4-6-16/h3-6,13-14,17,19H,2,7-11H2,1H3,(H2-,24,25,26,29)/p+1/t14-,17+,19+/m1/s1. The van der Waals surface area contributed by atoms with Gasteiger partial charge in [0.1, 0.15) is 5.56 Å². The summed E-state index contributed by atoms with van der Waals surface area (Å²) in [5.74, 6) is -0.276. The minimum absolute atomic E-state index is 0.0528. The molecule has 1 aromatic carbocycles. The van der Waals surface area contributed by atoms with Crippen LogP contribution in [0.1, 0.15) is 42.1 Å². The number of nitrogens with two attached hydrogens (primary N) is 1. The van der Waals surface area contributed by atoms with E-state index in [9.17, 15) is 10.1 Å². The van der Waals surface area contributed by atoms with Crippen LogP contribution < -0.4 is 11.1 Å². The maximum absolute atomic E-state index is 12.0. The van der Waals surface area contributed by atoms with Gasteiger partial charge in [0.2, 0.25) is 0 Å². The molecule has 1 amide bonds. The SMILES string of the molecule is C[N+]1([C@H]2CC[C@H](n3cc(C(N)=O)c(Nc4ccc(Cl)cc4)n3)[C@@H](C#N)C2)CCC1. The van der Waals surface area contributed by atoms with Crippen LogP contribution in [0.2, 0.25) is 5.02 Å². The predicted molar refractivity (Wildman–Crippen MR) is 112 cm³/mol. The Hall–Kier alpha value is -2.56. The van der Waals surface area contributed by atoms with Gasteiger partial charge in [0, 0.05) is 36.2 Å². The molecular weight excluding hydrogens is 388 g/mol. The van der Waals surface area contributed by atoms with E-state index in [1.807, 2.05) is 12.1 Å². The molecule has 1 aliphatic heterocycles. The number of hydrogen-bond acceptors (Lipinski definition) is 4. The molecule has 0 bridgehead atoms. The summed E-state index contributed by atoms with van der Waals surface area (Å²) < 4.78 is 2.85. The summed E-state index contributed by atoms with van der Waals surface area (Å²) in [5.41, 5.74) is 6.67. The summed E-state index contributed by atoms with van der Waals surface area (Å²) in [6.45, 7) is 2.41. The van der Waals surface area contributed by atoms with Gasteiger partial charge >= 0.3 is 0 Å². The van der Waals surface area contributed by atoms with Gasteiger partial charge in [-0.25, -0.2) is 0 Å². The average Bonchev–Trinajstić information content (AvgIpc) is 3.11. The van der Waals surface area contributed by atoms with Gasteiger partial charge in [-0.2, -0.15) is 10.4 Å². The van der Waals surface area contributed by atoms with E-state index in [0.29, 0.717) is 22.4 Å². The lowest BCUT2D eigenvalue weighted by atomic mass is 9.80. The normalized spacial score (nSPS) is 25.6. The number of nitrogens with zero attached hydrogens (tertiary/aromatic N) is 4. The highest BCUT2D eigenvalue weighted by Crippen LogP contribution is 2.40.